The number of carbonyl (C=O) groups excluding carboxylic acids is 2. The van der Waals surface area contributed by atoms with Gasteiger partial charge in [-0.2, -0.15) is 0 Å². The van der Waals surface area contributed by atoms with E-state index in [1.165, 1.54) is 11.3 Å². The van der Waals surface area contributed by atoms with Crippen LogP contribution < -0.4 is 10.1 Å². The quantitative estimate of drug-likeness (QED) is 0.355. The number of rotatable bonds is 9. The molecule has 1 aliphatic carbocycles. The molecule has 1 N–H and O–H groups in total. The van der Waals surface area contributed by atoms with Crippen molar-refractivity contribution in [1.29, 1.82) is 0 Å². The monoisotopic (exact) mass is 473 g/mol. The Morgan fingerprint density at radius 3 is 2.72 bits per heavy atom. The zero-order chi connectivity index (χ0) is 22.5. The summed E-state index contributed by atoms with van der Waals surface area (Å²) in [6, 6.07) is 7.35. The molecule has 0 atom stereocenters. The van der Waals surface area contributed by atoms with Crippen LogP contribution in [0.1, 0.15) is 41.1 Å². The fourth-order valence-corrected chi connectivity index (χ4v) is 5.30. The molecule has 0 fully saturated rings. The lowest BCUT2D eigenvalue weighted by Crippen LogP contribution is -2.16. The number of aryl methyl sites for hydroxylation is 1. The van der Waals surface area contributed by atoms with Crippen molar-refractivity contribution in [2.45, 2.75) is 38.3 Å². The molecule has 4 rings (SSSR count). The fourth-order valence-electron chi connectivity index (χ4n) is 3.45. The van der Waals surface area contributed by atoms with Crippen molar-refractivity contribution < 1.29 is 23.5 Å². The maximum atomic E-state index is 12.5. The minimum absolute atomic E-state index is 0.0791. The van der Waals surface area contributed by atoms with Crippen LogP contribution in [0.4, 0.5) is 5.00 Å². The predicted octanol–water partition coefficient (Wildman–Crippen LogP) is 4.59. The first-order chi connectivity index (χ1) is 15.6. The first-order valence-electron chi connectivity index (χ1n) is 10.4. The van der Waals surface area contributed by atoms with Gasteiger partial charge in [0.15, 0.2) is 0 Å². The van der Waals surface area contributed by atoms with E-state index in [-0.39, 0.29) is 17.6 Å². The summed E-state index contributed by atoms with van der Waals surface area (Å²) < 4.78 is 16.3. The highest BCUT2D eigenvalue weighted by Crippen LogP contribution is 2.39. The van der Waals surface area contributed by atoms with Crippen LogP contribution in [0.25, 0.3) is 11.5 Å². The Bertz CT molecular complexity index is 1110. The maximum Gasteiger partial charge on any atom is 0.341 e. The van der Waals surface area contributed by atoms with E-state index >= 15 is 0 Å². The number of thiophene rings is 1. The van der Waals surface area contributed by atoms with Gasteiger partial charge in [0.2, 0.25) is 11.8 Å². The van der Waals surface area contributed by atoms with E-state index in [2.05, 4.69) is 15.5 Å². The van der Waals surface area contributed by atoms with Crippen LogP contribution in [0.15, 0.2) is 33.9 Å². The van der Waals surface area contributed by atoms with Crippen LogP contribution in [-0.2, 0) is 22.4 Å². The summed E-state index contributed by atoms with van der Waals surface area (Å²) in [7, 11) is 0. The van der Waals surface area contributed by atoms with Crippen LogP contribution in [0.3, 0.4) is 0 Å². The van der Waals surface area contributed by atoms with Crippen LogP contribution >= 0.6 is 23.1 Å². The number of ether oxygens (including phenoxy) is 2. The summed E-state index contributed by atoms with van der Waals surface area (Å²) in [6.07, 6.45) is 2.78. The van der Waals surface area contributed by atoms with E-state index in [1.807, 2.05) is 31.2 Å². The SMILES string of the molecule is CCOC(=O)c1c(NC(=O)CSc2nnc(-c3ccc(OCC)cc3)o2)sc2c1CCC2. The van der Waals surface area contributed by atoms with E-state index in [4.69, 9.17) is 13.9 Å². The van der Waals surface area contributed by atoms with Crippen LogP contribution in [0.2, 0.25) is 0 Å². The highest BCUT2D eigenvalue weighted by Gasteiger charge is 2.28. The first kappa shape index (κ1) is 22.3. The molecule has 0 bridgehead atoms. The van der Waals surface area contributed by atoms with Crippen molar-refractivity contribution in [1.82, 2.24) is 10.2 Å². The summed E-state index contributed by atoms with van der Waals surface area (Å²) in [4.78, 5) is 26.1. The molecule has 0 unspecified atom stereocenters. The molecule has 10 heteroatoms. The minimum atomic E-state index is -0.383. The Balaban J connectivity index is 1.38. The average molecular weight is 474 g/mol. The number of nitrogens with one attached hydrogen (secondary N) is 1. The van der Waals surface area contributed by atoms with Gasteiger partial charge in [-0.05, 0) is 62.9 Å². The molecule has 3 aromatic rings. The van der Waals surface area contributed by atoms with Gasteiger partial charge in [-0.15, -0.1) is 21.5 Å². The van der Waals surface area contributed by atoms with Crippen LogP contribution in [-0.4, -0.2) is 41.0 Å². The molecule has 0 saturated carbocycles. The van der Waals surface area contributed by atoms with Crippen molar-refractivity contribution in [3.05, 3.63) is 40.3 Å². The Morgan fingerprint density at radius 2 is 1.97 bits per heavy atom. The number of aromatic nitrogens is 2. The average Bonchev–Trinajstić information content (AvgIpc) is 3.49. The first-order valence-corrected chi connectivity index (χ1v) is 12.2. The maximum absolute atomic E-state index is 12.5. The molecule has 32 heavy (non-hydrogen) atoms. The Kier molecular flexibility index (Phi) is 7.11. The van der Waals surface area contributed by atoms with E-state index in [0.717, 1.165) is 52.8 Å². The number of nitrogens with zero attached hydrogens (tertiary/aromatic N) is 2. The van der Waals surface area contributed by atoms with Crippen LogP contribution in [0, 0.1) is 0 Å². The summed E-state index contributed by atoms with van der Waals surface area (Å²) in [6.45, 7) is 4.58. The fraction of sp³-hybridized carbons (Fsp3) is 0.364. The largest absolute Gasteiger partial charge is 0.494 e. The number of anilines is 1. The normalized spacial score (nSPS) is 12.4. The third kappa shape index (κ3) is 4.97. The smallest absolute Gasteiger partial charge is 0.341 e. The molecular formula is C22H23N3O5S2. The second-order valence-electron chi connectivity index (χ2n) is 6.95. The van der Waals surface area contributed by atoms with Crippen molar-refractivity contribution in [3.63, 3.8) is 0 Å². The number of benzene rings is 1. The van der Waals surface area contributed by atoms with Crippen molar-refractivity contribution >= 4 is 40.0 Å². The molecule has 1 aliphatic rings. The molecule has 8 nitrogen and oxygen atoms in total. The third-order valence-corrected chi connectivity index (χ3v) is 6.82. The Morgan fingerprint density at radius 1 is 1.16 bits per heavy atom. The highest BCUT2D eigenvalue weighted by molar-refractivity contribution is 7.99. The summed E-state index contributed by atoms with van der Waals surface area (Å²) >= 11 is 2.60. The number of esters is 1. The third-order valence-electron chi connectivity index (χ3n) is 4.80. The standard InChI is InChI=1S/C22H23N3O5S2/c1-3-28-14-10-8-13(9-11-14)19-24-25-22(30-19)31-12-17(26)23-20-18(21(27)29-4-2)15-6-5-7-16(15)32-20/h8-11H,3-7,12H2,1-2H3,(H,23,26). The molecule has 2 heterocycles. The summed E-state index contributed by atoms with van der Waals surface area (Å²) in [5, 5.41) is 11.8. The van der Waals surface area contributed by atoms with Gasteiger partial charge in [0.05, 0.1) is 24.5 Å². The van der Waals surface area contributed by atoms with Crippen molar-refractivity contribution in [2.75, 3.05) is 24.3 Å². The molecule has 2 aromatic heterocycles. The van der Waals surface area contributed by atoms with Gasteiger partial charge in [0, 0.05) is 10.4 Å². The lowest BCUT2D eigenvalue weighted by Gasteiger charge is -2.07. The topological polar surface area (TPSA) is 104 Å². The van der Waals surface area contributed by atoms with Crippen LogP contribution in [0.5, 0.6) is 5.75 Å². The highest BCUT2D eigenvalue weighted by atomic mass is 32.2. The van der Waals surface area contributed by atoms with E-state index < -0.39 is 0 Å². The number of thioether (sulfide) groups is 1. The lowest BCUT2D eigenvalue weighted by atomic mass is 10.1. The van der Waals surface area contributed by atoms with Gasteiger partial charge >= 0.3 is 5.97 Å². The van der Waals surface area contributed by atoms with Crippen molar-refractivity contribution in [3.8, 4) is 17.2 Å². The van der Waals surface area contributed by atoms with Crippen molar-refractivity contribution in [2.24, 2.45) is 0 Å². The number of fused-ring (bicyclic) bond motifs is 1. The molecule has 0 spiro atoms. The zero-order valence-corrected chi connectivity index (χ0v) is 19.4. The summed E-state index contributed by atoms with van der Waals surface area (Å²) in [5.41, 5.74) is 2.27. The van der Waals surface area contributed by atoms with E-state index in [1.54, 1.807) is 6.92 Å². The lowest BCUT2D eigenvalue weighted by molar-refractivity contribution is -0.113. The number of hydrogen-bond acceptors (Lipinski definition) is 9. The molecule has 0 aliphatic heterocycles. The molecule has 168 valence electrons. The molecule has 0 radical (unpaired) electrons. The summed E-state index contributed by atoms with van der Waals surface area (Å²) in [5.74, 6) is 0.586. The second kappa shape index (κ2) is 10.2. The van der Waals surface area contributed by atoms with Gasteiger partial charge in [0.1, 0.15) is 10.8 Å². The van der Waals surface area contributed by atoms with Gasteiger partial charge < -0.3 is 19.2 Å². The Labute approximate surface area is 193 Å². The second-order valence-corrected chi connectivity index (χ2v) is 8.98. The molecule has 0 saturated heterocycles. The predicted molar refractivity (Wildman–Crippen MR) is 123 cm³/mol. The van der Waals surface area contributed by atoms with Gasteiger partial charge in [-0.25, -0.2) is 4.79 Å². The molecule has 1 aromatic carbocycles. The van der Waals surface area contributed by atoms with E-state index in [0.29, 0.717) is 34.9 Å². The van der Waals surface area contributed by atoms with Gasteiger partial charge in [-0.3, -0.25) is 4.79 Å². The van der Waals surface area contributed by atoms with E-state index in [9.17, 15) is 9.59 Å². The number of amides is 1. The number of hydrogen-bond donors (Lipinski definition) is 1. The minimum Gasteiger partial charge on any atom is -0.494 e. The number of carbonyl (C=O) groups is 2. The molecule has 1 amide bonds. The van der Waals surface area contributed by atoms with Gasteiger partial charge in [0.25, 0.3) is 5.22 Å². The molecular weight excluding hydrogens is 450 g/mol. The van der Waals surface area contributed by atoms with Gasteiger partial charge in [-0.1, -0.05) is 11.8 Å². The zero-order valence-electron chi connectivity index (χ0n) is 17.8. The Hall–Kier alpha value is -2.85.